The molecular weight excluding hydrogens is 352 g/mol. The largest absolute Gasteiger partial charge is 0.263 e. The van der Waals surface area contributed by atoms with Gasteiger partial charge in [0.2, 0.25) is 0 Å². The molecule has 0 atom stereocenters. The van der Waals surface area contributed by atoms with Gasteiger partial charge in [0.25, 0.3) is 10.0 Å². The van der Waals surface area contributed by atoms with E-state index in [1.807, 2.05) is 24.3 Å². The molecule has 2 aromatic rings. The van der Waals surface area contributed by atoms with Gasteiger partial charge in [-0.2, -0.15) is 0 Å². The third kappa shape index (κ3) is 5.57. The van der Waals surface area contributed by atoms with Gasteiger partial charge in [-0.1, -0.05) is 53.7 Å². The average molecular weight is 369 g/mol. The summed E-state index contributed by atoms with van der Waals surface area (Å²) >= 11 is 7.11. The Morgan fingerprint density at radius 3 is 2.39 bits per heavy atom. The maximum absolute atomic E-state index is 12.3. The van der Waals surface area contributed by atoms with Gasteiger partial charge in [-0.05, 0) is 42.5 Å². The molecule has 7 heteroatoms. The fraction of sp³-hybridized carbons (Fsp3) is 0.188. The number of rotatable bonds is 5. The molecule has 0 aliphatic heterocycles. The lowest BCUT2D eigenvalue weighted by atomic mass is 10.2. The lowest BCUT2D eigenvalue weighted by Gasteiger charge is -2.09. The van der Waals surface area contributed by atoms with E-state index in [0.29, 0.717) is 23.2 Å². The molecule has 0 aliphatic carbocycles. The molecule has 0 heterocycles. The summed E-state index contributed by atoms with van der Waals surface area (Å²) in [4.78, 5) is 4.55. The predicted molar refractivity (Wildman–Crippen MR) is 97.7 cm³/mol. The Morgan fingerprint density at radius 2 is 1.78 bits per heavy atom. The highest BCUT2D eigenvalue weighted by atomic mass is 35.5. The highest BCUT2D eigenvalue weighted by Gasteiger charge is 2.15. The number of sulfonamides is 1. The van der Waals surface area contributed by atoms with Crippen molar-refractivity contribution in [3.63, 3.8) is 0 Å². The molecule has 0 amide bonds. The Balaban J connectivity index is 2.00. The first kappa shape index (κ1) is 17.8. The number of nitrogens with zero attached hydrogens (tertiary/aromatic N) is 1. The molecule has 0 saturated carbocycles. The maximum Gasteiger partial charge on any atom is 0.263 e. The first-order valence-electron chi connectivity index (χ1n) is 6.92. The van der Waals surface area contributed by atoms with Crippen LogP contribution in [0.2, 0.25) is 5.02 Å². The number of benzene rings is 2. The molecule has 4 nitrogen and oxygen atoms in total. The predicted octanol–water partition coefficient (Wildman–Crippen LogP) is 3.58. The Hall–Kier alpha value is -1.50. The molecule has 0 bridgehead atoms. The maximum atomic E-state index is 12.3. The van der Waals surface area contributed by atoms with Crippen LogP contribution in [-0.4, -0.2) is 26.4 Å². The Kier molecular flexibility index (Phi) is 6.50. The molecule has 0 radical (unpaired) electrons. The smallest absolute Gasteiger partial charge is 0.262 e. The van der Waals surface area contributed by atoms with Crippen LogP contribution in [0, 0.1) is 0 Å². The van der Waals surface area contributed by atoms with Crippen molar-refractivity contribution in [2.45, 2.75) is 11.3 Å². The molecule has 122 valence electrons. The van der Waals surface area contributed by atoms with E-state index in [4.69, 9.17) is 11.6 Å². The van der Waals surface area contributed by atoms with Crippen LogP contribution in [0.25, 0.3) is 0 Å². The first-order chi connectivity index (χ1) is 11.0. The van der Waals surface area contributed by atoms with Gasteiger partial charge < -0.3 is 0 Å². The summed E-state index contributed by atoms with van der Waals surface area (Å²) < 4.78 is 27.0. The lowest BCUT2D eigenvalue weighted by Crippen LogP contribution is -2.28. The van der Waals surface area contributed by atoms with Crippen molar-refractivity contribution < 1.29 is 8.42 Å². The number of aliphatic imine (C=N–C) groups is 1. The monoisotopic (exact) mass is 368 g/mol. The fourth-order valence-electron chi connectivity index (χ4n) is 1.85. The van der Waals surface area contributed by atoms with Crippen LogP contribution < -0.4 is 4.72 Å². The van der Waals surface area contributed by atoms with Crippen LogP contribution >= 0.6 is 23.4 Å². The second-order valence-electron chi connectivity index (χ2n) is 4.69. The second kappa shape index (κ2) is 8.38. The van der Waals surface area contributed by atoms with E-state index in [1.165, 1.54) is 11.8 Å². The number of hydrogen-bond acceptors (Lipinski definition) is 4. The van der Waals surface area contributed by atoms with Gasteiger partial charge in [0.1, 0.15) is 0 Å². The zero-order valence-electron chi connectivity index (χ0n) is 12.6. The summed E-state index contributed by atoms with van der Waals surface area (Å²) in [6.45, 7) is 0.495. The molecule has 0 saturated heterocycles. The van der Waals surface area contributed by atoms with E-state index in [1.54, 1.807) is 36.6 Å². The number of hydrogen-bond donors (Lipinski definition) is 1. The normalized spacial score (nSPS) is 12.2. The van der Waals surface area contributed by atoms with Crippen LogP contribution in [-0.2, 0) is 16.4 Å². The van der Waals surface area contributed by atoms with Crippen LogP contribution in [0.4, 0.5) is 0 Å². The third-order valence-corrected chi connectivity index (χ3v) is 5.39. The molecule has 0 spiro atoms. The van der Waals surface area contributed by atoms with Gasteiger partial charge in [0.05, 0.1) is 4.90 Å². The van der Waals surface area contributed by atoms with Gasteiger partial charge in [-0.25, -0.2) is 8.42 Å². The zero-order chi connectivity index (χ0) is 16.7. The topological polar surface area (TPSA) is 58.5 Å². The van der Waals surface area contributed by atoms with Crippen molar-refractivity contribution >= 4 is 38.6 Å². The Bertz CT molecular complexity index is 760. The van der Waals surface area contributed by atoms with Crippen LogP contribution in [0.1, 0.15) is 5.56 Å². The van der Waals surface area contributed by atoms with Crippen molar-refractivity contribution in [1.29, 1.82) is 0 Å². The molecule has 1 N–H and O–H groups in total. The zero-order valence-corrected chi connectivity index (χ0v) is 15.0. The molecule has 0 aromatic heterocycles. The van der Waals surface area contributed by atoms with Crippen molar-refractivity contribution in [3.05, 3.63) is 65.2 Å². The van der Waals surface area contributed by atoms with Crippen LogP contribution in [0.3, 0.4) is 0 Å². The fourth-order valence-corrected chi connectivity index (χ4v) is 3.79. The Morgan fingerprint density at radius 1 is 1.13 bits per heavy atom. The first-order valence-corrected chi connectivity index (χ1v) is 10.0. The van der Waals surface area contributed by atoms with E-state index in [9.17, 15) is 8.42 Å². The number of amidine groups is 1. The van der Waals surface area contributed by atoms with E-state index < -0.39 is 10.0 Å². The molecule has 2 aromatic carbocycles. The van der Waals surface area contributed by atoms with Gasteiger partial charge in [0.15, 0.2) is 5.17 Å². The number of nitrogens with one attached hydrogen (secondary N) is 1. The van der Waals surface area contributed by atoms with Crippen LogP contribution in [0.15, 0.2) is 64.5 Å². The minimum Gasteiger partial charge on any atom is -0.262 e. The standard InChI is InChI=1S/C16H17ClN2O2S2/c1-22-16(18-12-11-13-7-9-14(17)10-8-13)19-23(20,21)15-5-3-2-4-6-15/h2-10H,11-12H2,1H3,(H,18,19). The molecule has 0 aliphatic rings. The number of halogens is 1. The molecule has 0 fully saturated rings. The molecule has 0 unspecified atom stereocenters. The molecule has 2 rings (SSSR count). The third-order valence-electron chi connectivity index (χ3n) is 3.04. The van der Waals surface area contributed by atoms with Gasteiger partial charge >= 0.3 is 0 Å². The van der Waals surface area contributed by atoms with E-state index in [2.05, 4.69) is 9.71 Å². The summed E-state index contributed by atoms with van der Waals surface area (Å²) in [5.74, 6) is 0. The minimum atomic E-state index is -3.59. The summed E-state index contributed by atoms with van der Waals surface area (Å²) in [5.41, 5.74) is 1.10. The number of thioether (sulfide) groups is 1. The average Bonchev–Trinajstić information content (AvgIpc) is 2.56. The van der Waals surface area contributed by atoms with Gasteiger partial charge in [-0.3, -0.25) is 9.71 Å². The summed E-state index contributed by atoms with van der Waals surface area (Å²) in [7, 11) is -3.59. The summed E-state index contributed by atoms with van der Waals surface area (Å²) in [6.07, 6.45) is 2.50. The van der Waals surface area contributed by atoms with Gasteiger partial charge in [0, 0.05) is 11.6 Å². The van der Waals surface area contributed by atoms with E-state index in [-0.39, 0.29) is 4.90 Å². The highest BCUT2D eigenvalue weighted by molar-refractivity contribution is 8.14. The van der Waals surface area contributed by atoms with E-state index in [0.717, 1.165) is 5.56 Å². The highest BCUT2D eigenvalue weighted by Crippen LogP contribution is 2.11. The van der Waals surface area contributed by atoms with Gasteiger partial charge in [-0.15, -0.1) is 0 Å². The van der Waals surface area contributed by atoms with Crippen molar-refractivity contribution in [1.82, 2.24) is 4.72 Å². The van der Waals surface area contributed by atoms with E-state index >= 15 is 0 Å². The van der Waals surface area contributed by atoms with Crippen LogP contribution in [0.5, 0.6) is 0 Å². The lowest BCUT2D eigenvalue weighted by molar-refractivity contribution is 0.593. The van der Waals surface area contributed by atoms with Crippen molar-refractivity contribution in [2.24, 2.45) is 4.99 Å². The molecule has 23 heavy (non-hydrogen) atoms. The summed E-state index contributed by atoms with van der Waals surface area (Å²) in [5, 5.41) is 1.07. The molecular formula is C16H17ClN2O2S2. The Labute approximate surface area is 146 Å². The second-order valence-corrected chi connectivity index (χ2v) is 7.60. The minimum absolute atomic E-state index is 0.222. The van der Waals surface area contributed by atoms with Crippen molar-refractivity contribution in [2.75, 3.05) is 12.8 Å². The van der Waals surface area contributed by atoms with Crippen molar-refractivity contribution in [3.8, 4) is 0 Å². The SMILES string of the molecule is CSC(=NCCc1ccc(Cl)cc1)NS(=O)(=O)c1ccccc1. The quantitative estimate of drug-likeness (QED) is 0.648. The summed E-state index contributed by atoms with van der Waals surface area (Å²) in [6, 6.07) is 15.8.